The molecule has 2 saturated carbocycles. The molecule has 2 aliphatic carbocycles. The molecule has 2 aromatic rings. The van der Waals surface area contributed by atoms with Gasteiger partial charge in [0.25, 0.3) is 0 Å². The van der Waals surface area contributed by atoms with Gasteiger partial charge in [0.05, 0.1) is 28.7 Å². The Balaban J connectivity index is 1.45. The summed E-state index contributed by atoms with van der Waals surface area (Å²) in [6.45, 7) is 1.92. The number of carbonyl (C=O) groups excluding carboxylic acids is 1. The Morgan fingerprint density at radius 3 is 2.76 bits per heavy atom. The molecule has 0 aliphatic heterocycles. The lowest BCUT2D eigenvalue weighted by atomic mass is 9.94. The van der Waals surface area contributed by atoms with Crippen molar-refractivity contribution in [1.29, 1.82) is 0 Å². The van der Waals surface area contributed by atoms with Crippen LogP contribution in [0.1, 0.15) is 69.9 Å². The number of anilines is 1. The number of aliphatic hydroxyl groups is 1. The summed E-state index contributed by atoms with van der Waals surface area (Å²) >= 11 is 1.43. The minimum absolute atomic E-state index is 0.00846. The molecule has 34 heavy (non-hydrogen) atoms. The third kappa shape index (κ3) is 6.44. The van der Waals surface area contributed by atoms with E-state index in [2.05, 4.69) is 15.0 Å². The second-order valence-electron chi connectivity index (χ2n) is 9.44. The number of hydrogen-bond acceptors (Lipinski definition) is 6. The van der Waals surface area contributed by atoms with E-state index in [1.165, 1.54) is 37.0 Å². The van der Waals surface area contributed by atoms with Crippen molar-refractivity contribution < 1.29 is 18.8 Å². The van der Waals surface area contributed by atoms with Crippen molar-refractivity contribution in [3.63, 3.8) is 0 Å². The molecule has 0 bridgehead atoms. The smallest absolute Gasteiger partial charge is 0.226 e. The van der Waals surface area contributed by atoms with E-state index in [0.717, 1.165) is 41.8 Å². The monoisotopic (exact) mass is 505 g/mol. The van der Waals surface area contributed by atoms with Gasteiger partial charge in [0.1, 0.15) is 16.7 Å². The van der Waals surface area contributed by atoms with Crippen LogP contribution in [0.2, 0.25) is 0 Å². The van der Waals surface area contributed by atoms with Gasteiger partial charge in [-0.25, -0.2) is 13.9 Å². The second kappa shape index (κ2) is 11.7. The molecule has 1 aromatic carbocycles. The number of aliphatic hydroxyl groups excluding tert-OH is 1. The molecule has 9 heteroatoms. The van der Waals surface area contributed by atoms with E-state index in [-0.39, 0.29) is 18.1 Å². The van der Waals surface area contributed by atoms with E-state index in [1.54, 1.807) is 7.11 Å². The normalized spacial score (nSPS) is 22.0. The largest absolute Gasteiger partial charge is 0.495 e. The fourth-order valence-electron chi connectivity index (χ4n) is 4.98. The van der Waals surface area contributed by atoms with Crippen LogP contribution in [-0.2, 0) is 15.8 Å². The van der Waals surface area contributed by atoms with E-state index in [1.807, 2.05) is 25.1 Å². The average Bonchev–Trinajstić information content (AvgIpc) is 3.47. The van der Waals surface area contributed by atoms with Crippen molar-refractivity contribution in [3.05, 3.63) is 23.9 Å². The van der Waals surface area contributed by atoms with E-state index in [4.69, 9.17) is 4.74 Å². The predicted octanol–water partition coefficient (Wildman–Crippen LogP) is 4.95. The number of aryl methyl sites for hydroxylation is 1. The Hall–Kier alpha value is -1.81. The molecule has 2 fully saturated rings. The standard InChI is InChI=1S/C25H35N3O4S2/c1-16-24(33-25(26-16)27-23(30)13-10-17-6-3-4-7-17)18-11-12-21(32-2)22(14-18)34(31)28-19-8-5-9-20(29)15-19/h11-12,14,17,19-20,28-29H,3-10,13,15H2,1-2H3,(H,26,27,30)/t19-,20?,34?/m0/s1. The van der Waals surface area contributed by atoms with Crippen LogP contribution in [0, 0.1) is 12.8 Å². The van der Waals surface area contributed by atoms with Crippen molar-refractivity contribution in [2.45, 2.75) is 88.2 Å². The van der Waals surface area contributed by atoms with E-state index >= 15 is 0 Å². The summed E-state index contributed by atoms with van der Waals surface area (Å²) in [6, 6.07) is 5.62. The Kier molecular flexibility index (Phi) is 8.74. The van der Waals surface area contributed by atoms with Crippen LogP contribution in [0.25, 0.3) is 10.4 Å². The van der Waals surface area contributed by atoms with Crippen LogP contribution < -0.4 is 14.8 Å². The van der Waals surface area contributed by atoms with E-state index < -0.39 is 11.0 Å². The Labute approximate surface area is 208 Å². The predicted molar refractivity (Wildman–Crippen MR) is 136 cm³/mol. The topological polar surface area (TPSA) is 101 Å². The first kappa shape index (κ1) is 25.3. The van der Waals surface area contributed by atoms with E-state index in [0.29, 0.717) is 34.5 Å². The van der Waals surface area contributed by atoms with Crippen LogP contribution in [0.5, 0.6) is 5.75 Å². The number of methoxy groups -OCH3 is 1. The minimum atomic E-state index is -1.48. The number of amides is 1. The molecular formula is C25H35N3O4S2. The number of carbonyl (C=O) groups is 1. The third-order valence-corrected chi connectivity index (χ3v) is 9.23. The first-order chi connectivity index (χ1) is 16.4. The first-order valence-electron chi connectivity index (χ1n) is 12.2. The number of benzene rings is 1. The molecule has 1 amide bonds. The van der Waals surface area contributed by atoms with Crippen molar-refractivity contribution in [2.75, 3.05) is 12.4 Å². The van der Waals surface area contributed by atoms with Crippen molar-refractivity contribution >= 4 is 33.4 Å². The molecule has 4 rings (SSSR count). The maximum atomic E-state index is 13.2. The molecule has 1 aromatic heterocycles. The molecular weight excluding hydrogens is 470 g/mol. The Morgan fingerprint density at radius 2 is 2.03 bits per heavy atom. The molecule has 0 spiro atoms. The zero-order valence-corrected chi connectivity index (χ0v) is 21.6. The van der Waals surface area contributed by atoms with Gasteiger partial charge in [-0.2, -0.15) is 0 Å². The molecule has 3 N–H and O–H groups in total. The van der Waals surface area contributed by atoms with Gasteiger partial charge in [-0.05, 0) is 68.7 Å². The maximum Gasteiger partial charge on any atom is 0.226 e. The van der Waals surface area contributed by atoms with Crippen molar-refractivity contribution in [3.8, 4) is 16.2 Å². The first-order valence-corrected chi connectivity index (χ1v) is 14.2. The van der Waals surface area contributed by atoms with Gasteiger partial charge in [-0.1, -0.05) is 37.0 Å². The van der Waals surface area contributed by atoms with Gasteiger partial charge >= 0.3 is 0 Å². The summed E-state index contributed by atoms with van der Waals surface area (Å²) in [5.74, 6) is 1.25. The molecule has 2 aliphatic rings. The van der Waals surface area contributed by atoms with Gasteiger partial charge in [0.2, 0.25) is 5.91 Å². The number of ether oxygens (including phenoxy) is 1. The SMILES string of the molecule is COc1ccc(-c2sc(NC(=O)CCC3CCCC3)nc2C)cc1S(=O)N[C@H]1CCCC(O)C1. The fourth-order valence-corrected chi connectivity index (χ4v) is 7.17. The van der Waals surface area contributed by atoms with Gasteiger partial charge in [0.15, 0.2) is 5.13 Å². The summed E-state index contributed by atoms with van der Waals surface area (Å²) < 4.78 is 21.8. The van der Waals surface area contributed by atoms with Crippen LogP contribution in [-0.4, -0.2) is 39.5 Å². The quantitative estimate of drug-likeness (QED) is 0.448. The highest BCUT2D eigenvalue weighted by atomic mass is 32.2. The molecule has 7 nitrogen and oxygen atoms in total. The molecule has 0 saturated heterocycles. The Bertz CT molecular complexity index is 1020. The highest BCUT2D eigenvalue weighted by Crippen LogP contribution is 2.36. The van der Waals surface area contributed by atoms with Crippen LogP contribution in [0.4, 0.5) is 5.13 Å². The van der Waals surface area contributed by atoms with Crippen molar-refractivity contribution in [2.24, 2.45) is 5.92 Å². The second-order valence-corrected chi connectivity index (χ2v) is 11.7. The lowest BCUT2D eigenvalue weighted by Crippen LogP contribution is -2.37. The zero-order chi connectivity index (χ0) is 24.1. The lowest BCUT2D eigenvalue weighted by Gasteiger charge is -2.26. The van der Waals surface area contributed by atoms with Gasteiger partial charge in [0, 0.05) is 12.5 Å². The maximum absolute atomic E-state index is 13.2. The number of thiazole rings is 1. The average molecular weight is 506 g/mol. The summed E-state index contributed by atoms with van der Waals surface area (Å²) in [5.41, 5.74) is 1.71. The van der Waals surface area contributed by atoms with Crippen LogP contribution in [0.15, 0.2) is 23.1 Å². The summed E-state index contributed by atoms with van der Waals surface area (Å²) in [7, 11) is 0.0906. The van der Waals surface area contributed by atoms with Gasteiger partial charge < -0.3 is 15.2 Å². The van der Waals surface area contributed by atoms with Crippen molar-refractivity contribution in [1.82, 2.24) is 9.71 Å². The van der Waals surface area contributed by atoms with Gasteiger partial charge in [-0.15, -0.1) is 0 Å². The molecule has 186 valence electrons. The summed E-state index contributed by atoms with van der Waals surface area (Å²) in [6.07, 6.45) is 9.40. The summed E-state index contributed by atoms with van der Waals surface area (Å²) in [5, 5.41) is 13.5. The fraction of sp³-hybridized carbons (Fsp3) is 0.600. The van der Waals surface area contributed by atoms with E-state index in [9.17, 15) is 14.1 Å². The Morgan fingerprint density at radius 1 is 1.24 bits per heavy atom. The highest BCUT2D eigenvalue weighted by molar-refractivity contribution is 7.83. The molecule has 0 radical (unpaired) electrons. The zero-order valence-electron chi connectivity index (χ0n) is 20.0. The number of aromatic nitrogens is 1. The third-order valence-electron chi connectivity index (χ3n) is 6.84. The number of rotatable bonds is 9. The molecule has 2 unspecified atom stereocenters. The summed E-state index contributed by atoms with van der Waals surface area (Å²) in [4.78, 5) is 18.5. The van der Waals surface area contributed by atoms with Gasteiger partial charge in [-0.3, -0.25) is 4.79 Å². The number of nitrogens with zero attached hydrogens (tertiary/aromatic N) is 1. The molecule has 1 heterocycles. The van der Waals surface area contributed by atoms with Crippen LogP contribution >= 0.6 is 11.3 Å². The number of nitrogens with one attached hydrogen (secondary N) is 2. The lowest BCUT2D eigenvalue weighted by molar-refractivity contribution is -0.116. The highest BCUT2D eigenvalue weighted by Gasteiger charge is 2.24. The van der Waals surface area contributed by atoms with Crippen LogP contribution in [0.3, 0.4) is 0 Å². The minimum Gasteiger partial charge on any atom is -0.495 e. The number of hydrogen-bond donors (Lipinski definition) is 3. The molecule has 3 atom stereocenters.